The Morgan fingerprint density at radius 2 is 1.96 bits per heavy atom. The summed E-state index contributed by atoms with van der Waals surface area (Å²) in [6.45, 7) is 3.64. The van der Waals surface area contributed by atoms with Crippen LogP contribution in [0.4, 0.5) is 0 Å². The number of aromatic nitrogens is 2. The summed E-state index contributed by atoms with van der Waals surface area (Å²) in [5.74, 6) is -1.05. The van der Waals surface area contributed by atoms with Crippen molar-refractivity contribution in [2.75, 3.05) is 13.1 Å². The zero-order valence-corrected chi connectivity index (χ0v) is 15.2. The number of hydrogen-bond acceptors (Lipinski definition) is 5. The highest BCUT2D eigenvalue weighted by atomic mass is 32.2. The van der Waals surface area contributed by atoms with Gasteiger partial charge in [-0.15, -0.1) is 0 Å². The second-order valence-electron chi connectivity index (χ2n) is 6.58. The molecule has 1 saturated heterocycles. The molecule has 1 aliphatic rings. The molecule has 0 bridgehead atoms. The van der Waals surface area contributed by atoms with Gasteiger partial charge in [-0.3, -0.25) is 4.79 Å². The molecule has 6 nitrogen and oxygen atoms in total. The number of rotatable bonds is 3. The minimum absolute atomic E-state index is 0.0216. The van der Waals surface area contributed by atoms with E-state index in [1.165, 1.54) is 24.6 Å². The van der Waals surface area contributed by atoms with Gasteiger partial charge < -0.3 is 10.1 Å². The van der Waals surface area contributed by atoms with Gasteiger partial charge in [0.05, 0.1) is 11.7 Å². The topological polar surface area (TPSA) is 86.3 Å². The molecule has 4 rings (SSSR count). The molecular weight excluding hydrogens is 350 g/mol. The lowest BCUT2D eigenvalue weighted by atomic mass is 10.1. The number of carboxylic acids is 1. The minimum Gasteiger partial charge on any atom is -0.477 e. The fraction of sp³-hybridized carbons (Fsp3) is 0.316. The molecular formula is C19H19N3O3S. The van der Waals surface area contributed by atoms with Crippen molar-refractivity contribution in [3.05, 3.63) is 41.2 Å². The van der Waals surface area contributed by atoms with Crippen molar-refractivity contribution >= 4 is 44.8 Å². The molecule has 0 aliphatic carbocycles. The molecule has 26 heavy (non-hydrogen) atoms. The van der Waals surface area contributed by atoms with E-state index in [1.54, 1.807) is 6.92 Å². The Morgan fingerprint density at radius 3 is 2.69 bits per heavy atom. The van der Waals surface area contributed by atoms with E-state index in [0.717, 1.165) is 47.7 Å². The summed E-state index contributed by atoms with van der Waals surface area (Å²) < 4.78 is 2.13. The first-order valence-electron chi connectivity index (χ1n) is 8.66. The van der Waals surface area contributed by atoms with Gasteiger partial charge in [-0.25, -0.2) is 14.1 Å². The van der Waals surface area contributed by atoms with Crippen LogP contribution >= 0.6 is 11.9 Å². The number of carbonyl (C=O) groups excluding carboxylic acids is 1. The summed E-state index contributed by atoms with van der Waals surface area (Å²) in [4.78, 5) is 31.3. The number of fused-ring (bicyclic) bond motifs is 3. The maximum Gasteiger partial charge on any atom is 0.354 e. The van der Waals surface area contributed by atoms with E-state index in [4.69, 9.17) is 0 Å². The largest absolute Gasteiger partial charge is 0.477 e. The van der Waals surface area contributed by atoms with Gasteiger partial charge in [0, 0.05) is 46.9 Å². The van der Waals surface area contributed by atoms with Gasteiger partial charge in [-0.1, -0.05) is 6.42 Å². The van der Waals surface area contributed by atoms with Crippen molar-refractivity contribution in [1.29, 1.82) is 0 Å². The second-order valence-corrected chi connectivity index (χ2v) is 7.65. The Kier molecular flexibility index (Phi) is 4.42. The first-order chi connectivity index (χ1) is 12.5. The smallest absolute Gasteiger partial charge is 0.354 e. The van der Waals surface area contributed by atoms with E-state index < -0.39 is 5.97 Å². The first kappa shape index (κ1) is 17.1. The average molecular weight is 369 g/mol. The van der Waals surface area contributed by atoms with Crippen LogP contribution in [0, 0.1) is 6.92 Å². The standard InChI is InChI=1S/C19H19N3O3S/c1-11-16-13-9-12(19(25)26-22-7-3-2-4-8-22)5-6-14(13)21-15(16)10-20-17(11)18(23)24/h5-6,9-10,21H,2-4,7-8H2,1H3,(H,23,24). The Morgan fingerprint density at radius 1 is 1.19 bits per heavy atom. The number of pyridine rings is 1. The van der Waals surface area contributed by atoms with E-state index in [2.05, 4.69) is 14.3 Å². The Bertz CT molecular complexity index is 1020. The molecule has 0 unspecified atom stereocenters. The van der Waals surface area contributed by atoms with Crippen LogP contribution in [0.15, 0.2) is 24.4 Å². The average Bonchev–Trinajstić information content (AvgIpc) is 3.01. The van der Waals surface area contributed by atoms with E-state index in [0.29, 0.717) is 11.1 Å². The highest BCUT2D eigenvalue weighted by Gasteiger charge is 2.19. The highest BCUT2D eigenvalue weighted by molar-refractivity contribution is 8.12. The molecule has 3 aromatic rings. The first-order valence-corrected chi connectivity index (χ1v) is 9.43. The quantitative estimate of drug-likeness (QED) is 0.679. The molecule has 3 heterocycles. The normalized spacial score (nSPS) is 15.6. The van der Waals surface area contributed by atoms with E-state index in [1.807, 2.05) is 18.2 Å². The van der Waals surface area contributed by atoms with Crippen LogP contribution in [0.2, 0.25) is 0 Å². The summed E-state index contributed by atoms with van der Waals surface area (Å²) in [6.07, 6.45) is 5.03. The number of aromatic carboxylic acids is 1. The summed E-state index contributed by atoms with van der Waals surface area (Å²) in [6, 6.07) is 5.54. The molecule has 1 aliphatic heterocycles. The number of aryl methyl sites for hydroxylation is 1. The maximum atomic E-state index is 12.7. The second kappa shape index (κ2) is 6.74. The van der Waals surface area contributed by atoms with Gasteiger partial charge in [0.2, 0.25) is 5.12 Å². The number of H-pyrrole nitrogens is 1. The number of nitrogens with zero attached hydrogens (tertiary/aromatic N) is 2. The molecule has 2 N–H and O–H groups in total. The summed E-state index contributed by atoms with van der Waals surface area (Å²) in [5.41, 5.74) is 2.91. The Hall–Kier alpha value is -2.38. The molecule has 0 radical (unpaired) electrons. The SMILES string of the molecule is Cc1c(C(=O)O)ncc2[nH]c3ccc(C(=O)SN4CCCCC4)cc3c12. The lowest BCUT2D eigenvalue weighted by Gasteiger charge is -2.24. The van der Waals surface area contributed by atoms with Crippen molar-refractivity contribution in [3.8, 4) is 0 Å². The number of carbonyl (C=O) groups is 2. The van der Waals surface area contributed by atoms with Crippen LogP contribution in [-0.4, -0.2) is 43.6 Å². The molecule has 7 heteroatoms. The van der Waals surface area contributed by atoms with Crippen LogP contribution in [0.3, 0.4) is 0 Å². The van der Waals surface area contributed by atoms with Gasteiger partial charge >= 0.3 is 5.97 Å². The van der Waals surface area contributed by atoms with Gasteiger partial charge in [0.25, 0.3) is 0 Å². The minimum atomic E-state index is -1.05. The summed E-state index contributed by atoms with van der Waals surface area (Å²) in [5, 5.41) is 11.0. The fourth-order valence-corrected chi connectivity index (χ4v) is 4.43. The molecule has 2 aromatic heterocycles. The van der Waals surface area contributed by atoms with Gasteiger partial charge in [-0.05, 0) is 43.5 Å². The molecule has 0 amide bonds. The number of carboxylic acid groups (broad SMARTS) is 1. The van der Waals surface area contributed by atoms with Crippen LogP contribution in [0.25, 0.3) is 21.8 Å². The summed E-state index contributed by atoms with van der Waals surface area (Å²) in [7, 11) is 0. The van der Waals surface area contributed by atoms with Crippen molar-refractivity contribution in [2.24, 2.45) is 0 Å². The number of hydrogen-bond donors (Lipinski definition) is 2. The Labute approximate surface area is 154 Å². The maximum absolute atomic E-state index is 12.7. The van der Waals surface area contributed by atoms with Crippen molar-refractivity contribution < 1.29 is 14.7 Å². The third kappa shape index (κ3) is 2.97. The van der Waals surface area contributed by atoms with Crippen LogP contribution in [0.1, 0.15) is 45.7 Å². The van der Waals surface area contributed by atoms with Crippen LogP contribution in [0.5, 0.6) is 0 Å². The monoisotopic (exact) mass is 369 g/mol. The molecule has 1 aromatic carbocycles. The molecule has 0 spiro atoms. The number of nitrogens with one attached hydrogen (secondary N) is 1. The van der Waals surface area contributed by atoms with Crippen LogP contribution in [-0.2, 0) is 0 Å². The van der Waals surface area contributed by atoms with Gasteiger partial charge in [-0.2, -0.15) is 0 Å². The third-order valence-corrected chi connectivity index (χ3v) is 5.87. The lowest BCUT2D eigenvalue weighted by molar-refractivity contribution is 0.0689. The predicted molar refractivity (Wildman–Crippen MR) is 103 cm³/mol. The third-order valence-electron chi connectivity index (χ3n) is 4.85. The molecule has 0 saturated carbocycles. The number of piperidine rings is 1. The Balaban J connectivity index is 1.75. The lowest BCUT2D eigenvalue weighted by Crippen LogP contribution is -2.24. The van der Waals surface area contributed by atoms with Gasteiger partial charge in [0.15, 0.2) is 5.69 Å². The van der Waals surface area contributed by atoms with Gasteiger partial charge in [0.1, 0.15) is 0 Å². The molecule has 0 atom stereocenters. The van der Waals surface area contributed by atoms with E-state index >= 15 is 0 Å². The van der Waals surface area contributed by atoms with E-state index in [-0.39, 0.29) is 10.8 Å². The fourth-order valence-electron chi connectivity index (χ4n) is 3.53. The van der Waals surface area contributed by atoms with Crippen LogP contribution < -0.4 is 0 Å². The molecule has 1 fully saturated rings. The highest BCUT2D eigenvalue weighted by Crippen LogP contribution is 2.31. The molecule has 134 valence electrons. The number of benzene rings is 1. The number of aromatic amines is 1. The zero-order valence-electron chi connectivity index (χ0n) is 14.4. The summed E-state index contributed by atoms with van der Waals surface area (Å²) >= 11 is 1.28. The predicted octanol–water partition coefficient (Wildman–Crippen LogP) is 4.00. The van der Waals surface area contributed by atoms with Crippen molar-refractivity contribution in [3.63, 3.8) is 0 Å². The van der Waals surface area contributed by atoms with Crippen molar-refractivity contribution in [1.82, 2.24) is 14.3 Å². The zero-order chi connectivity index (χ0) is 18.3. The van der Waals surface area contributed by atoms with Crippen molar-refractivity contribution in [2.45, 2.75) is 26.2 Å². The van der Waals surface area contributed by atoms with E-state index in [9.17, 15) is 14.7 Å².